The highest BCUT2D eigenvalue weighted by Crippen LogP contribution is 2.45. The number of H-pyrrole nitrogens is 1. The van der Waals surface area contributed by atoms with Crippen LogP contribution in [-0.2, 0) is 25.6 Å². The normalized spacial score (nSPS) is 19.2. The molecule has 3 heterocycles. The summed E-state index contributed by atoms with van der Waals surface area (Å²) >= 11 is 0. The molecule has 10 nitrogen and oxygen atoms in total. The van der Waals surface area contributed by atoms with Crippen LogP contribution in [0.15, 0.2) is 53.3 Å². The number of hydrogen-bond donors (Lipinski definition) is 1. The molecule has 1 saturated heterocycles. The number of benzene rings is 2. The fourth-order valence-electron chi connectivity index (χ4n) is 5.07. The predicted octanol–water partition coefficient (Wildman–Crippen LogP) is 1.89. The van der Waals surface area contributed by atoms with E-state index in [9.17, 15) is 19.2 Å². The molecule has 3 aromatic rings. The van der Waals surface area contributed by atoms with Crippen LogP contribution in [-0.4, -0.2) is 64.8 Å². The number of carbonyl (C=O) groups excluding carboxylic acids is 3. The van der Waals surface area contributed by atoms with Crippen LogP contribution in [0.3, 0.4) is 0 Å². The highest BCUT2D eigenvalue weighted by Gasteiger charge is 2.61. The molecule has 182 valence electrons. The Morgan fingerprint density at radius 2 is 1.80 bits per heavy atom. The van der Waals surface area contributed by atoms with E-state index in [1.54, 1.807) is 28.8 Å². The summed E-state index contributed by atoms with van der Waals surface area (Å²) in [5.74, 6) is -1.24. The molecule has 1 atom stereocenters. The van der Waals surface area contributed by atoms with Gasteiger partial charge in [-0.3, -0.25) is 19.1 Å². The van der Waals surface area contributed by atoms with Gasteiger partial charge in [-0.05, 0) is 30.7 Å². The molecule has 5 rings (SSSR count). The Balaban J connectivity index is 1.38. The number of fused-ring (bicyclic) bond motifs is 4. The number of methoxy groups -OCH3 is 1. The molecule has 2 aromatic carbocycles. The minimum atomic E-state index is -1.56. The summed E-state index contributed by atoms with van der Waals surface area (Å²) in [4.78, 5) is 57.9. The summed E-state index contributed by atoms with van der Waals surface area (Å²) in [6, 6.07) is 14.2. The molecule has 0 radical (unpaired) electrons. The first-order valence-corrected chi connectivity index (χ1v) is 11.6. The molecule has 2 amide bonds. The van der Waals surface area contributed by atoms with Gasteiger partial charge in [0.25, 0.3) is 5.91 Å². The number of carbonyl (C=O) groups is 3. The van der Waals surface area contributed by atoms with E-state index < -0.39 is 11.6 Å². The molecule has 2 aliphatic rings. The maximum atomic E-state index is 13.6. The van der Waals surface area contributed by atoms with Crippen LogP contribution >= 0.6 is 0 Å². The number of aromatic amines is 1. The second kappa shape index (κ2) is 9.03. The Morgan fingerprint density at radius 1 is 1.03 bits per heavy atom. The minimum Gasteiger partial charge on any atom is -0.462 e. The van der Waals surface area contributed by atoms with E-state index in [-0.39, 0.29) is 50.1 Å². The van der Waals surface area contributed by atoms with Crippen LogP contribution in [0.5, 0.6) is 0 Å². The number of anilines is 1. The van der Waals surface area contributed by atoms with Gasteiger partial charge in [0.05, 0.1) is 35.5 Å². The zero-order chi connectivity index (χ0) is 24.6. The molecule has 0 aliphatic carbocycles. The van der Waals surface area contributed by atoms with Gasteiger partial charge in [0.15, 0.2) is 0 Å². The van der Waals surface area contributed by atoms with Gasteiger partial charge in [0, 0.05) is 33.0 Å². The van der Waals surface area contributed by atoms with E-state index in [1.165, 1.54) is 16.9 Å². The zero-order valence-corrected chi connectivity index (χ0v) is 19.4. The van der Waals surface area contributed by atoms with Gasteiger partial charge >= 0.3 is 11.7 Å². The fourth-order valence-corrected chi connectivity index (χ4v) is 5.07. The second-order valence-electron chi connectivity index (χ2n) is 8.60. The average Bonchev–Trinajstić information content (AvgIpc) is 3.38. The molecule has 0 saturated carbocycles. The van der Waals surface area contributed by atoms with Crippen molar-refractivity contribution in [2.75, 3.05) is 31.8 Å². The monoisotopic (exact) mass is 478 g/mol. The summed E-state index contributed by atoms with van der Waals surface area (Å²) in [5.41, 5.74) is 0.497. The molecule has 1 N–H and O–H groups in total. The van der Waals surface area contributed by atoms with E-state index in [1.807, 2.05) is 24.3 Å². The number of aryl methyl sites for hydroxylation is 1. The number of para-hydroxylation sites is 3. The lowest BCUT2D eigenvalue weighted by Gasteiger charge is -2.48. The fraction of sp³-hybridized carbons (Fsp3) is 0.360. The third-order valence-electron chi connectivity index (χ3n) is 6.66. The Hall–Kier alpha value is -3.92. The van der Waals surface area contributed by atoms with Gasteiger partial charge in [-0.15, -0.1) is 0 Å². The Kier molecular flexibility index (Phi) is 5.89. The molecular weight excluding hydrogens is 452 g/mol. The molecule has 1 aromatic heterocycles. The number of imidazole rings is 1. The third kappa shape index (κ3) is 3.61. The molecule has 2 aliphatic heterocycles. The zero-order valence-electron chi connectivity index (χ0n) is 19.4. The van der Waals surface area contributed by atoms with Gasteiger partial charge in [-0.1, -0.05) is 24.3 Å². The van der Waals surface area contributed by atoms with Crippen LogP contribution in [0, 0.1) is 0 Å². The largest absolute Gasteiger partial charge is 0.462 e. The standard InChI is InChI=1S/C25H26N4O6/c1-34-16-14-28-22(31)17-7-2-4-9-19(17)29-21(30)11-12-25(28,29)23(32)35-15-6-13-27-20-10-5-3-8-18(20)26-24(27)33/h2-5,7-10H,6,11-16H2,1H3,(H,26,33). The first-order valence-electron chi connectivity index (χ1n) is 11.6. The lowest BCUT2D eigenvalue weighted by molar-refractivity contribution is -0.157. The van der Waals surface area contributed by atoms with Crippen molar-refractivity contribution >= 4 is 34.5 Å². The Morgan fingerprint density at radius 3 is 2.63 bits per heavy atom. The summed E-state index contributed by atoms with van der Waals surface area (Å²) in [5, 5.41) is 0. The van der Waals surface area contributed by atoms with Crippen molar-refractivity contribution in [3.05, 3.63) is 64.6 Å². The van der Waals surface area contributed by atoms with E-state index >= 15 is 0 Å². The molecule has 35 heavy (non-hydrogen) atoms. The number of nitrogens with one attached hydrogen (secondary N) is 1. The van der Waals surface area contributed by atoms with Crippen LogP contribution in [0.25, 0.3) is 11.0 Å². The van der Waals surface area contributed by atoms with Gasteiger partial charge in [-0.25, -0.2) is 9.59 Å². The van der Waals surface area contributed by atoms with Crippen molar-refractivity contribution in [3.8, 4) is 0 Å². The van der Waals surface area contributed by atoms with Crippen LogP contribution in [0.4, 0.5) is 5.69 Å². The molecular formula is C25H26N4O6. The maximum absolute atomic E-state index is 13.6. The van der Waals surface area contributed by atoms with E-state index in [0.29, 0.717) is 24.2 Å². The van der Waals surface area contributed by atoms with Crippen LogP contribution in [0.1, 0.15) is 29.6 Å². The molecule has 0 spiro atoms. The first kappa shape index (κ1) is 22.9. The molecule has 1 unspecified atom stereocenters. The van der Waals surface area contributed by atoms with E-state index in [0.717, 1.165) is 11.0 Å². The van der Waals surface area contributed by atoms with Crippen LogP contribution < -0.4 is 10.6 Å². The van der Waals surface area contributed by atoms with E-state index in [4.69, 9.17) is 9.47 Å². The number of aromatic nitrogens is 2. The molecule has 10 heteroatoms. The summed E-state index contributed by atoms with van der Waals surface area (Å²) in [6.45, 7) is 0.713. The number of esters is 1. The maximum Gasteiger partial charge on any atom is 0.353 e. The summed E-state index contributed by atoms with van der Waals surface area (Å²) in [6.07, 6.45) is 0.640. The summed E-state index contributed by atoms with van der Waals surface area (Å²) < 4.78 is 12.4. The minimum absolute atomic E-state index is 0.0303. The topological polar surface area (TPSA) is 114 Å². The van der Waals surface area contributed by atoms with E-state index in [2.05, 4.69) is 4.98 Å². The first-order chi connectivity index (χ1) is 17.0. The van der Waals surface area contributed by atoms with Crippen LogP contribution in [0.2, 0.25) is 0 Å². The lowest BCUT2D eigenvalue weighted by atomic mass is 9.96. The van der Waals surface area contributed by atoms with Gasteiger partial charge in [0.2, 0.25) is 11.6 Å². The SMILES string of the molecule is COCCN1C(=O)c2ccccc2N2C(=O)CCC12C(=O)OCCCn1c(=O)[nH]c2ccccc21. The highest BCUT2D eigenvalue weighted by molar-refractivity contribution is 6.15. The van der Waals surface area contributed by atoms with Crippen molar-refractivity contribution in [2.24, 2.45) is 0 Å². The number of amides is 2. The van der Waals surface area contributed by atoms with Crippen molar-refractivity contribution < 1.29 is 23.9 Å². The van der Waals surface area contributed by atoms with Crippen molar-refractivity contribution in [3.63, 3.8) is 0 Å². The average molecular weight is 479 g/mol. The molecule has 0 bridgehead atoms. The lowest BCUT2D eigenvalue weighted by Crippen LogP contribution is -2.69. The smallest absolute Gasteiger partial charge is 0.353 e. The number of nitrogens with zero attached hydrogens (tertiary/aromatic N) is 3. The van der Waals surface area contributed by atoms with Gasteiger partial charge < -0.3 is 19.4 Å². The third-order valence-corrected chi connectivity index (χ3v) is 6.66. The Labute approximate surface area is 201 Å². The van der Waals surface area contributed by atoms with Gasteiger partial charge in [-0.2, -0.15) is 0 Å². The van der Waals surface area contributed by atoms with Crippen molar-refractivity contribution in [1.29, 1.82) is 0 Å². The van der Waals surface area contributed by atoms with Crippen molar-refractivity contribution in [2.45, 2.75) is 31.5 Å². The van der Waals surface area contributed by atoms with Crippen molar-refractivity contribution in [1.82, 2.24) is 14.5 Å². The van der Waals surface area contributed by atoms with Gasteiger partial charge in [0.1, 0.15) is 0 Å². The number of rotatable bonds is 8. The number of hydrogen-bond acceptors (Lipinski definition) is 6. The quantitative estimate of drug-likeness (QED) is 0.391. The summed E-state index contributed by atoms with van der Waals surface area (Å²) in [7, 11) is 1.51. The second-order valence-corrected chi connectivity index (χ2v) is 8.60. The highest BCUT2D eigenvalue weighted by atomic mass is 16.5. The number of ether oxygens (including phenoxy) is 2. The predicted molar refractivity (Wildman–Crippen MR) is 127 cm³/mol. The molecule has 1 fully saturated rings. The Bertz CT molecular complexity index is 1360.